The molecule has 0 radical (unpaired) electrons. The summed E-state index contributed by atoms with van der Waals surface area (Å²) < 4.78 is 0. The van der Waals surface area contributed by atoms with Gasteiger partial charge in [0.05, 0.1) is 0 Å². The van der Waals surface area contributed by atoms with E-state index in [-0.39, 0.29) is 0 Å². The average molecular weight is 306 g/mol. The third kappa shape index (κ3) is 2.82. The van der Waals surface area contributed by atoms with Gasteiger partial charge in [-0.3, -0.25) is 4.90 Å². The summed E-state index contributed by atoms with van der Waals surface area (Å²) in [6.45, 7) is 8.27. The van der Waals surface area contributed by atoms with E-state index in [1.54, 1.807) is 11.1 Å². The fourth-order valence-corrected chi connectivity index (χ4v) is 4.34. The number of hydrogen-bond acceptors (Lipinski definition) is 2. The summed E-state index contributed by atoms with van der Waals surface area (Å²) in [5.41, 5.74) is 4.54. The molecule has 120 valence electrons. The van der Waals surface area contributed by atoms with E-state index in [2.05, 4.69) is 71.3 Å². The van der Waals surface area contributed by atoms with Crippen molar-refractivity contribution in [3.05, 3.63) is 71.3 Å². The molecule has 1 fully saturated rings. The highest BCUT2D eigenvalue weighted by molar-refractivity contribution is 5.42. The molecule has 0 spiro atoms. The largest absolute Gasteiger partial charge is 0.300 e. The third-order valence-corrected chi connectivity index (χ3v) is 5.46. The number of hydrogen-bond donors (Lipinski definition) is 0. The zero-order valence-electron chi connectivity index (χ0n) is 14.0. The first kappa shape index (κ1) is 14.9. The number of fused-ring (bicyclic) bond motifs is 3. The van der Waals surface area contributed by atoms with E-state index in [1.807, 2.05) is 0 Å². The molecule has 1 saturated heterocycles. The van der Waals surface area contributed by atoms with Gasteiger partial charge >= 0.3 is 0 Å². The van der Waals surface area contributed by atoms with Crippen LogP contribution in [0.2, 0.25) is 0 Å². The van der Waals surface area contributed by atoms with Crippen molar-refractivity contribution in [1.29, 1.82) is 0 Å². The Morgan fingerprint density at radius 3 is 2.39 bits per heavy atom. The van der Waals surface area contributed by atoms with Gasteiger partial charge in [0.15, 0.2) is 0 Å². The van der Waals surface area contributed by atoms with Gasteiger partial charge < -0.3 is 4.90 Å². The molecule has 0 bridgehead atoms. The molecule has 4 rings (SSSR count). The van der Waals surface area contributed by atoms with Gasteiger partial charge in [-0.25, -0.2) is 0 Å². The van der Waals surface area contributed by atoms with Crippen LogP contribution < -0.4 is 0 Å². The minimum absolute atomic E-state index is 0.515. The van der Waals surface area contributed by atoms with Crippen LogP contribution in [0, 0.1) is 0 Å². The van der Waals surface area contributed by atoms with Crippen molar-refractivity contribution in [2.45, 2.75) is 25.3 Å². The molecule has 2 aromatic rings. The van der Waals surface area contributed by atoms with Gasteiger partial charge in [0.2, 0.25) is 0 Å². The van der Waals surface area contributed by atoms with Crippen LogP contribution in [0.1, 0.15) is 42.0 Å². The second-order valence-corrected chi connectivity index (χ2v) is 6.90. The SMILES string of the molecule is CCCN1CCN2CC(c3ccccc3)c3ccccc3C2C1. The van der Waals surface area contributed by atoms with E-state index in [0.29, 0.717) is 12.0 Å². The Bertz CT molecular complexity index is 652. The summed E-state index contributed by atoms with van der Waals surface area (Å²) in [5.74, 6) is 0.515. The van der Waals surface area contributed by atoms with Crippen molar-refractivity contribution in [2.24, 2.45) is 0 Å². The Kier molecular flexibility index (Phi) is 4.19. The highest BCUT2D eigenvalue weighted by atomic mass is 15.3. The van der Waals surface area contributed by atoms with Gasteiger partial charge in [-0.1, -0.05) is 61.5 Å². The summed E-state index contributed by atoms with van der Waals surface area (Å²) in [5, 5.41) is 0. The van der Waals surface area contributed by atoms with Crippen LogP contribution >= 0.6 is 0 Å². The van der Waals surface area contributed by atoms with Crippen molar-refractivity contribution >= 4 is 0 Å². The van der Waals surface area contributed by atoms with E-state index in [0.717, 1.165) is 6.54 Å². The van der Waals surface area contributed by atoms with Crippen LogP contribution in [0.3, 0.4) is 0 Å². The number of nitrogens with zero attached hydrogens (tertiary/aromatic N) is 2. The quantitative estimate of drug-likeness (QED) is 0.848. The third-order valence-electron chi connectivity index (χ3n) is 5.46. The van der Waals surface area contributed by atoms with Crippen LogP contribution in [0.25, 0.3) is 0 Å². The van der Waals surface area contributed by atoms with E-state index < -0.39 is 0 Å². The second-order valence-electron chi connectivity index (χ2n) is 6.90. The monoisotopic (exact) mass is 306 g/mol. The van der Waals surface area contributed by atoms with Gasteiger partial charge in [0, 0.05) is 38.1 Å². The number of benzene rings is 2. The van der Waals surface area contributed by atoms with Crippen molar-refractivity contribution in [3.63, 3.8) is 0 Å². The Morgan fingerprint density at radius 1 is 0.870 bits per heavy atom. The van der Waals surface area contributed by atoms with E-state index >= 15 is 0 Å². The van der Waals surface area contributed by atoms with E-state index in [9.17, 15) is 0 Å². The lowest BCUT2D eigenvalue weighted by atomic mass is 9.80. The van der Waals surface area contributed by atoms with Crippen LogP contribution in [-0.2, 0) is 0 Å². The predicted octanol–water partition coefficient (Wildman–Crippen LogP) is 3.90. The Hall–Kier alpha value is -1.64. The molecule has 2 heteroatoms. The molecule has 0 N–H and O–H groups in total. The normalized spacial score (nSPS) is 24.9. The molecule has 2 nitrogen and oxygen atoms in total. The first-order chi connectivity index (χ1) is 11.4. The highest BCUT2D eigenvalue weighted by Gasteiger charge is 2.36. The standard InChI is InChI=1S/C21H26N2/c1-2-12-22-13-14-23-15-20(17-8-4-3-5-9-17)18-10-6-7-11-19(18)21(23)16-22/h3-11,20-21H,2,12-16H2,1H3. The van der Waals surface area contributed by atoms with Crippen molar-refractivity contribution in [3.8, 4) is 0 Å². The molecule has 2 aliphatic rings. The maximum absolute atomic E-state index is 2.71. The fraction of sp³-hybridized carbons (Fsp3) is 0.429. The summed E-state index contributed by atoms with van der Waals surface area (Å²) in [7, 11) is 0. The molecule has 0 saturated carbocycles. The van der Waals surface area contributed by atoms with Gasteiger partial charge in [0.25, 0.3) is 0 Å². The molecule has 2 aromatic carbocycles. The van der Waals surface area contributed by atoms with Gasteiger partial charge in [-0.05, 0) is 29.7 Å². The topological polar surface area (TPSA) is 6.48 Å². The lowest BCUT2D eigenvalue weighted by Gasteiger charge is -2.47. The highest BCUT2D eigenvalue weighted by Crippen LogP contribution is 2.40. The zero-order valence-corrected chi connectivity index (χ0v) is 14.0. The predicted molar refractivity (Wildman–Crippen MR) is 95.8 cm³/mol. The van der Waals surface area contributed by atoms with Crippen LogP contribution in [0.15, 0.2) is 54.6 Å². The molecule has 0 aliphatic carbocycles. The smallest absolute Gasteiger partial charge is 0.0479 e. The summed E-state index contributed by atoms with van der Waals surface area (Å²) >= 11 is 0. The summed E-state index contributed by atoms with van der Waals surface area (Å²) in [4.78, 5) is 5.35. The number of rotatable bonds is 3. The van der Waals surface area contributed by atoms with Gasteiger partial charge in [0.1, 0.15) is 0 Å². The lowest BCUT2D eigenvalue weighted by Crippen LogP contribution is -2.51. The minimum Gasteiger partial charge on any atom is -0.300 e. The Labute approximate surface area is 139 Å². The average Bonchev–Trinajstić information content (AvgIpc) is 2.62. The minimum atomic E-state index is 0.515. The molecule has 0 aromatic heterocycles. The Balaban J connectivity index is 1.70. The molecule has 0 amide bonds. The fourth-order valence-electron chi connectivity index (χ4n) is 4.34. The maximum Gasteiger partial charge on any atom is 0.0479 e. The molecule has 2 heterocycles. The van der Waals surface area contributed by atoms with Crippen molar-refractivity contribution < 1.29 is 0 Å². The summed E-state index contributed by atoms with van der Waals surface area (Å²) in [6.07, 6.45) is 1.25. The molecule has 2 atom stereocenters. The number of piperazine rings is 1. The van der Waals surface area contributed by atoms with E-state index in [4.69, 9.17) is 0 Å². The Morgan fingerprint density at radius 2 is 1.61 bits per heavy atom. The first-order valence-corrected chi connectivity index (χ1v) is 8.97. The molecule has 2 unspecified atom stereocenters. The van der Waals surface area contributed by atoms with Crippen LogP contribution in [-0.4, -0.2) is 42.5 Å². The maximum atomic E-state index is 2.71. The van der Waals surface area contributed by atoms with Crippen LogP contribution in [0.5, 0.6) is 0 Å². The van der Waals surface area contributed by atoms with E-state index in [1.165, 1.54) is 38.2 Å². The van der Waals surface area contributed by atoms with Crippen molar-refractivity contribution in [2.75, 3.05) is 32.7 Å². The summed E-state index contributed by atoms with van der Waals surface area (Å²) in [6, 6.07) is 20.7. The second kappa shape index (κ2) is 6.46. The molecule has 23 heavy (non-hydrogen) atoms. The van der Waals surface area contributed by atoms with Crippen molar-refractivity contribution in [1.82, 2.24) is 9.80 Å². The van der Waals surface area contributed by atoms with Gasteiger partial charge in [-0.2, -0.15) is 0 Å². The van der Waals surface area contributed by atoms with Gasteiger partial charge in [-0.15, -0.1) is 0 Å². The van der Waals surface area contributed by atoms with Crippen LogP contribution in [0.4, 0.5) is 0 Å². The molecular formula is C21H26N2. The molecular weight excluding hydrogens is 280 g/mol. The lowest BCUT2D eigenvalue weighted by molar-refractivity contribution is 0.0628. The molecule has 2 aliphatic heterocycles. The first-order valence-electron chi connectivity index (χ1n) is 8.97. The zero-order chi connectivity index (χ0) is 15.6.